The number of para-hydroxylation sites is 2. The second-order valence-corrected chi connectivity index (χ2v) is 43.8. The number of hydrogen-bond acceptors (Lipinski definition) is 22. The van der Waals surface area contributed by atoms with E-state index in [0.717, 1.165) is 82.8 Å². The number of H-pyrrole nitrogens is 2. The molecule has 39 heteroatoms. The van der Waals surface area contributed by atoms with Crippen molar-refractivity contribution >= 4 is 138 Å². The second kappa shape index (κ2) is 52.0. The molecule has 0 bridgehead atoms. The van der Waals surface area contributed by atoms with Gasteiger partial charge in [0.25, 0.3) is 0 Å². The number of aliphatic hydroxyl groups is 1. The Balaban J connectivity index is 0.000000626. The van der Waals surface area contributed by atoms with Crippen LogP contribution in [0.3, 0.4) is 0 Å². The number of rotatable bonds is 29. The highest BCUT2D eigenvalue weighted by atomic mass is 33.1. The molecule has 37 nitrogen and oxygen atoms in total. The molecule has 2 aliphatic heterocycles. The lowest BCUT2D eigenvalue weighted by Gasteiger charge is -2.61. The van der Waals surface area contributed by atoms with E-state index in [2.05, 4.69) is 131 Å². The van der Waals surface area contributed by atoms with E-state index in [1.165, 1.54) is 39.0 Å². The summed E-state index contributed by atoms with van der Waals surface area (Å²) in [5.41, 5.74) is 9.59. The Kier molecular flexibility index (Phi) is 41.8. The monoisotopic (exact) mass is 1970 g/mol. The summed E-state index contributed by atoms with van der Waals surface area (Å²) in [6.07, 6.45) is 19.7. The van der Waals surface area contributed by atoms with Crippen LogP contribution in [0.15, 0.2) is 72.8 Å². The molecule has 2 aromatic carbocycles. The molecule has 4 heterocycles. The van der Waals surface area contributed by atoms with Crippen molar-refractivity contribution in [1.29, 1.82) is 0 Å². The SMILES string of the molecule is CC(=O)N[C@@H](CC(=O)[O-])C(=O)N[C@H]1CSSC[C@@H](C(=O)N[C@H](C(N)=O)C(C)O)NC(=O)[C@H](Cc2c[nH]c3ccccc23)NC(=O)[C@H](C(C)C)NC(=O)[C@H](CC(C)C)NC(=O)[C@H](CCC(=O)O)NC(=O)CNC(=O)[C@H](CC(C)C)NC(=O)[C@H](CC2=CNCN2)NC(=O)[C@H](Cc2c[nH]c3ccccc23)NC(=O)[C@H](C)NC1=O.CC[C@H]1CCC2(C)C3CCC4(C)C(CCC4[C@H](C)CCCC(C)C)[C@@H]3CC[C@H]2C1. The van der Waals surface area contributed by atoms with Crippen molar-refractivity contribution in [3.8, 4) is 0 Å². The van der Waals surface area contributed by atoms with Gasteiger partial charge >= 0.3 is 5.97 Å². The maximum Gasteiger partial charge on any atom is 0.303 e. The lowest BCUT2D eigenvalue weighted by atomic mass is 9.44. The van der Waals surface area contributed by atoms with Crippen LogP contribution >= 0.6 is 21.6 Å². The largest absolute Gasteiger partial charge is 0.550 e. The molecule has 6 aliphatic rings. The molecule has 0 radical (unpaired) electrons. The zero-order valence-electron chi connectivity index (χ0n) is 83.1. The molecule has 4 saturated carbocycles. The van der Waals surface area contributed by atoms with Crippen molar-refractivity contribution in [3.63, 3.8) is 0 Å². The predicted octanol–water partition coefficient (Wildman–Crippen LogP) is 4.94. The van der Waals surface area contributed by atoms with E-state index in [4.69, 9.17) is 5.73 Å². The fraction of sp³-hybridized carbons (Fsp3) is 0.660. The number of aromatic nitrogens is 2. The van der Waals surface area contributed by atoms with Crippen molar-refractivity contribution in [2.45, 2.75) is 317 Å². The summed E-state index contributed by atoms with van der Waals surface area (Å²) >= 11 is 0. The minimum absolute atomic E-state index is 0.0447. The third kappa shape index (κ3) is 31.5. The first-order chi connectivity index (χ1) is 65.8. The van der Waals surface area contributed by atoms with Crippen molar-refractivity contribution < 1.29 is 92.0 Å². The third-order valence-electron chi connectivity index (χ3n) is 29.1. The Bertz CT molecular complexity index is 4990. The predicted molar refractivity (Wildman–Crippen MR) is 528 cm³/mol. The first-order valence-electron chi connectivity index (χ1n) is 49.5. The molecule has 4 aromatic rings. The smallest absolute Gasteiger partial charge is 0.303 e. The number of fused-ring (bicyclic) bond motifs is 7. The number of carboxylic acid groups (broad SMARTS) is 2. The van der Waals surface area contributed by atoms with Gasteiger partial charge in [0, 0.05) is 103 Å². The molecule has 22 atom stereocenters. The number of carbonyl (C=O) groups is 16. The maximum absolute atomic E-state index is 15.1. The average Bonchev–Trinajstić information content (AvgIpc) is 1.65. The van der Waals surface area contributed by atoms with Gasteiger partial charge in [0.15, 0.2) is 0 Å². The molecule has 4 aliphatic carbocycles. The molecular weight excluding hydrogens is 1820 g/mol. The number of carboxylic acids is 2. The number of hydrogen-bond donors (Lipinski definition) is 20. The van der Waals surface area contributed by atoms with Crippen LogP contribution in [0.1, 0.15) is 237 Å². The van der Waals surface area contributed by atoms with Gasteiger partial charge in [0.05, 0.1) is 19.3 Å². The summed E-state index contributed by atoms with van der Waals surface area (Å²) in [5.74, 6) is -11.8. The van der Waals surface area contributed by atoms with Gasteiger partial charge in [-0.05, 0) is 190 Å². The number of amides is 14. The number of nitrogens with two attached hydrogens (primary N) is 1. The van der Waals surface area contributed by atoms with Crippen LogP contribution in [-0.2, 0) is 89.6 Å². The van der Waals surface area contributed by atoms with Crippen molar-refractivity contribution in [3.05, 3.63) is 83.9 Å². The maximum atomic E-state index is 15.1. The van der Waals surface area contributed by atoms with E-state index in [-0.39, 0.29) is 50.6 Å². The molecule has 14 amide bonds. The molecular formula is C100H151N18O19S2-. The molecule has 139 heavy (non-hydrogen) atoms. The van der Waals surface area contributed by atoms with Crippen LogP contribution in [0, 0.1) is 75.9 Å². The second-order valence-electron chi connectivity index (χ2n) is 41.2. The fourth-order valence-electron chi connectivity index (χ4n) is 21.6. The summed E-state index contributed by atoms with van der Waals surface area (Å²) in [6, 6.07) is -5.58. The standard InChI is InChI=1S/C71H100N18O19S2.C29H52/c1-33(2)20-47-62(99)76-29-55(92)80-46(18-19-56(93)94)63(100)83-48(21-34(3)4)68(105)88-58(35(5)6)71(108)85-50(23-40-27-75-45-17-13-11-15-43(40)45)65(102)87-54(70(107)89-59(37(8)90)60(72)97)31-110-109-30-53(86-67(104)52(25-57(95)96)79-38(9)91)69(106)78-36(7)61(98)81-49(22-39-26-74-44-16-12-10-14-42(39)44)64(101)84-51(66(103)82-47)24-41-28-73-32-77-41;1-7-22-15-17-28(5)23(19-22)11-12-24-26-14-13-25(21(4)10-8-9-20(2)3)29(26,6)18-16-27(24)28/h10-17,26-28,33-37,46-54,58-59,73-75,77,90H,18-25,29-32H2,1-9H3,(H2,72,97)(H,76,99)(H,78,106)(H,79,91)(H,80,92)(H,81,98)(H,82,103)(H,83,100)(H,84,101)(H,85,108)(H,86,104)(H,87,102)(H,88,105)(H,89,107)(H,93,94)(H,95,96);20-27H,7-19H2,1-6H3/p-1/t36-,37?,46-,47-,48-,49-,50-,51-,52-,53-,54-,58-,59-;21-,22+,23+,24+,25?,26?,27?,28?,29?/m01/s1. The summed E-state index contributed by atoms with van der Waals surface area (Å²) in [7, 11) is 1.53. The van der Waals surface area contributed by atoms with Gasteiger partial charge in [-0.1, -0.05) is 167 Å². The first-order valence-corrected chi connectivity index (χ1v) is 52.0. The minimum Gasteiger partial charge on any atom is -0.550 e. The molecule has 10 rings (SSSR count). The lowest BCUT2D eigenvalue weighted by Crippen LogP contribution is -2.61. The van der Waals surface area contributed by atoms with E-state index in [1.54, 1.807) is 160 Å². The van der Waals surface area contributed by atoms with Crippen molar-refractivity contribution in [2.75, 3.05) is 24.7 Å². The molecule has 6 unspecified atom stereocenters. The molecule has 2 aromatic heterocycles. The van der Waals surface area contributed by atoms with E-state index >= 15 is 4.79 Å². The number of carbonyl (C=O) groups excluding carboxylic acids is 15. The van der Waals surface area contributed by atoms with Gasteiger partial charge in [-0.15, -0.1) is 0 Å². The first kappa shape index (κ1) is 112. The third-order valence-corrected chi connectivity index (χ3v) is 31.6. The molecule has 0 spiro atoms. The van der Waals surface area contributed by atoms with E-state index in [1.807, 2.05) is 0 Å². The van der Waals surface area contributed by atoms with Crippen LogP contribution in [0.5, 0.6) is 0 Å². The van der Waals surface area contributed by atoms with Gasteiger partial charge in [0.2, 0.25) is 82.7 Å². The molecule has 21 N–H and O–H groups in total. The van der Waals surface area contributed by atoms with Crippen LogP contribution in [-0.4, -0.2) is 218 Å². The lowest BCUT2D eigenvalue weighted by molar-refractivity contribution is -0.306. The number of primary amides is 1. The summed E-state index contributed by atoms with van der Waals surface area (Å²) in [5, 5.41) is 72.3. The minimum atomic E-state index is -1.83. The number of nitrogens with one attached hydrogen (secondary N) is 17. The highest BCUT2D eigenvalue weighted by molar-refractivity contribution is 8.76. The van der Waals surface area contributed by atoms with Crippen molar-refractivity contribution in [1.82, 2.24) is 89.7 Å². The normalized spacial score (nSPS) is 28.5. The van der Waals surface area contributed by atoms with Gasteiger partial charge < -0.3 is 116 Å². The van der Waals surface area contributed by atoms with Crippen LogP contribution in [0.4, 0.5) is 0 Å². The summed E-state index contributed by atoms with van der Waals surface area (Å²) < 4.78 is 0. The Hall–Kier alpha value is -11.0. The highest BCUT2D eigenvalue weighted by Crippen LogP contribution is 2.69. The van der Waals surface area contributed by atoms with E-state index < -0.39 is 216 Å². The Morgan fingerprint density at radius 2 is 1.14 bits per heavy atom. The van der Waals surface area contributed by atoms with Crippen LogP contribution < -0.4 is 90.6 Å². The summed E-state index contributed by atoms with van der Waals surface area (Å²) in [4.78, 5) is 230. The van der Waals surface area contributed by atoms with E-state index in [9.17, 15) is 87.2 Å². The van der Waals surface area contributed by atoms with Crippen molar-refractivity contribution in [2.24, 2.45) is 81.7 Å². The fourth-order valence-corrected chi connectivity index (χ4v) is 23.9. The van der Waals surface area contributed by atoms with Gasteiger partial charge in [0.1, 0.15) is 72.5 Å². The average molecular weight is 1970 g/mol. The zero-order valence-corrected chi connectivity index (χ0v) is 84.7. The zero-order chi connectivity index (χ0) is 102. The summed E-state index contributed by atoms with van der Waals surface area (Å²) in [6.45, 7) is 28.1. The van der Waals surface area contributed by atoms with Gasteiger partial charge in [-0.3, -0.25) is 71.9 Å². The number of aromatic amines is 2. The molecule has 1 saturated heterocycles. The van der Waals surface area contributed by atoms with Gasteiger partial charge in [-0.25, -0.2) is 0 Å². The van der Waals surface area contributed by atoms with E-state index in [0.29, 0.717) is 49.5 Å². The Morgan fingerprint density at radius 1 is 0.583 bits per heavy atom. The Labute approximate surface area is 822 Å². The topological polar surface area (TPSA) is 575 Å². The highest BCUT2D eigenvalue weighted by Gasteiger charge is 2.61. The van der Waals surface area contributed by atoms with Crippen LogP contribution in [0.25, 0.3) is 21.8 Å². The Morgan fingerprint density at radius 3 is 1.70 bits per heavy atom. The number of aliphatic carboxylic acids is 2. The number of aliphatic hydroxyl groups excluding tert-OH is 1. The number of benzene rings is 2. The van der Waals surface area contributed by atoms with Crippen LogP contribution in [0.2, 0.25) is 0 Å². The molecule has 768 valence electrons. The molecule has 5 fully saturated rings. The van der Waals surface area contributed by atoms with Gasteiger partial charge in [-0.2, -0.15) is 0 Å². The quantitative estimate of drug-likeness (QED) is 0.0320.